The Balaban J connectivity index is 0.00000312. The second-order valence-electron chi connectivity index (χ2n) is 5.79. The van der Waals surface area contributed by atoms with Gasteiger partial charge in [0.15, 0.2) is 5.96 Å². The molecular weight excluding hydrogens is 447 g/mol. The summed E-state index contributed by atoms with van der Waals surface area (Å²) in [7, 11) is 0. The number of hydrogen-bond donors (Lipinski definition) is 3. The number of guanidine groups is 1. The summed E-state index contributed by atoms with van der Waals surface area (Å²) in [6.45, 7) is 4.41. The van der Waals surface area contributed by atoms with E-state index in [1.54, 1.807) is 0 Å². The van der Waals surface area contributed by atoms with Crippen LogP contribution in [0.25, 0.3) is 0 Å². The molecule has 1 aliphatic rings. The van der Waals surface area contributed by atoms with Crippen molar-refractivity contribution in [2.75, 3.05) is 25.4 Å². The molecule has 1 aliphatic carbocycles. The molecule has 3 N–H and O–H groups in total. The van der Waals surface area contributed by atoms with Gasteiger partial charge in [0.2, 0.25) is 5.91 Å². The number of carbonyl (C=O) groups is 1. The van der Waals surface area contributed by atoms with E-state index >= 15 is 0 Å². The highest BCUT2D eigenvalue weighted by Gasteiger charge is 2.22. The van der Waals surface area contributed by atoms with Crippen molar-refractivity contribution in [2.45, 2.75) is 43.5 Å². The van der Waals surface area contributed by atoms with Crippen LogP contribution in [0.1, 0.15) is 32.6 Å². The van der Waals surface area contributed by atoms with Gasteiger partial charge in [-0.2, -0.15) is 0 Å². The lowest BCUT2D eigenvalue weighted by atomic mass is 10.3. The summed E-state index contributed by atoms with van der Waals surface area (Å²) in [6, 6.07) is 10.8. The second-order valence-corrected chi connectivity index (χ2v) is 6.96. The van der Waals surface area contributed by atoms with Crippen LogP contribution in [0.5, 0.6) is 0 Å². The fraction of sp³-hybridized carbons (Fsp3) is 0.556. The molecule has 0 atom stereocenters. The molecule has 0 spiro atoms. The molecule has 0 radical (unpaired) electrons. The Labute approximate surface area is 172 Å². The first-order chi connectivity index (χ1) is 11.8. The minimum atomic E-state index is 0. The van der Waals surface area contributed by atoms with Crippen molar-refractivity contribution < 1.29 is 4.79 Å². The summed E-state index contributed by atoms with van der Waals surface area (Å²) in [5, 5.41) is 9.58. The van der Waals surface area contributed by atoms with Crippen LogP contribution in [0.15, 0.2) is 40.2 Å². The molecule has 1 aromatic carbocycles. The van der Waals surface area contributed by atoms with Gasteiger partial charge >= 0.3 is 0 Å². The van der Waals surface area contributed by atoms with Crippen LogP contribution in [-0.2, 0) is 4.79 Å². The molecule has 2 rings (SSSR count). The SMILES string of the molecule is CCNC(=NCCCC(=O)NC1CC1)NCCSc1ccccc1.I. The maximum Gasteiger partial charge on any atom is 0.220 e. The van der Waals surface area contributed by atoms with Crippen LogP contribution in [0.2, 0.25) is 0 Å². The van der Waals surface area contributed by atoms with E-state index in [0.717, 1.165) is 44.1 Å². The molecule has 0 aliphatic heterocycles. The molecule has 1 fully saturated rings. The largest absolute Gasteiger partial charge is 0.357 e. The second kappa shape index (κ2) is 13.3. The number of thioether (sulfide) groups is 1. The van der Waals surface area contributed by atoms with Gasteiger partial charge in [-0.15, -0.1) is 35.7 Å². The average Bonchev–Trinajstić information content (AvgIpc) is 3.40. The van der Waals surface area contributed by atoms with Gasteiger partial charge < -0.3 is 16.0 Å². The first kappa shape index (κ1) is 22.1. The van der Waals surface area contributed by atoms with E-state index in [1.165, 1.54) is 4.90 Å². The molecule has 140 valence electrons. The fourth-order valence-corrected chi connectivity index (χ4v) is 2.94. The van der Waals surface area contributed by atoms with E-state index in [-0.39, 0.29) is 29.9 Å². The van der Waals surface area contributed by atoms with Crippen molar-refractivity contribution in [1.82, 2.24) is 16.0 Å². The van der Waals surface area contributed by atoms with Gasteiger partial charge in [0.25, 0.3) is 0 Å². The van der Waals surface area contributed by atoms with Crippen molar-refractivity contribution in [3.63, 3.8) is 0 Å². The number of nitrogens with one attached hydrogen (secondary N) is 3. The van der Waals surface area contributed by atoms with Gasteiger partial charge in [0.1, 0.15) is 0 Å². The van der Waals surface area contributed by atoms with Crippen LogP contribution in [0.3, 0.4) is 0 Å². The van der Waals surface area contributed by atoms with Crippen molar-refractivity contribution in [3.8, 4) is 0 Å². The van der Waals surface area contributed by atoms with Gasteiger partial charge in [-0.25, -0.2) is 0 Å². The van der Waals surface area contributed by atoms with Crippen LogP contribution in [-0.4, -0.2) is 43.3 Å². The summed E-state index contributed by atoms with van der Waals surface area (Å²) < 4.78 is 0. The van der Waals surface area contributed by atoms with E-state index in [9.17, 15) is 4.79 Å². The molecule has 0 bridgehead atoms. The van der Waals surface area contributed by atoms with Gasteiger partial charge in [0.05, 0.1) is 0 Å². The maximum absolute atomic E-state index is 11.6. The van der Waals surface area contributed by atoms with Gasteiger partial charge in [-0.1, -0.05) is 18.2 Å². The molecule has 0 saturated heterocycles. The predicted molar refractivity (Wildman–Crippen MR) is 117 cm³/mol. The first-order valence-electron chi connectivity index (χ1n) is 8.77. The number of carbonyl (C=O) groups excluding carboxylic acids is 1. The molecule has 1 aromatic rings. The van der Waals surface area contributed by atoms with E-state index in [2.05, 4.69) is 52.1 Å². The van der Waals surface area contributed by atoms with E-state index in [1.807, 2.05) is 17.8 Å². The zero-order valence-electron chi connectivity index (χ0n) is 14.8. The Morgan fingerprint density at radius 2 is 2.00 bits per heavy atom. The minimum absolute atomic E-state index is 0. The summed E-state index contributed by atoms with van der Waals surface area (Å²) in [5.74, 6) is 1.97. The Bertz CT molecular complexity index is 523. The number of halogens is 1. The van der Waals surface area contributed by atoms with Crippen molar-refractivity contribution in [3.05, 3.63) is 30.3 Å². The van der Waals surface area contributed by atoms with Crippen molar-refractivity contribution >= 4 is 47.6 Å². The fourth-order valence-electron chi connectivity index (χ4n) is 2.15. The van der Waals surface area contributed by atoms with Crippen LogP contribution >= 0.6 is 35.7 Å². The lowest BCUT2D eigenvalue weighted by molar-refractivity contribution is -0.121. The molecule has 0 heterocycles. The Hall–Kier alpha value is -0.960. The standard InChI is InChI=1S/C18H28N4OS.HI/c1-2-19-18(20-12-6-9-17(23)22-15-10-11-15)21-13-14-24-16-7-4-3-5-8-16;/h3-5,7-8,15H,2,6,9-14H2,1H3,(H,22,23)(H2,19,20,21);1H. The van der Waals surface area contributed by atoms with E-state index in [0.29, 0.717) is 19.0 Å². The number of benzene rings is 1. The molecule has 1 saturated carbocycles. The molecule has 0 aromatic heterocycles. The number of amides is 1. The number of aliphatic imine (C=N–C) groups is 1. The maximum atomic E-state index is 11.6. The molecule has 5 nitrogen and oxygen atoms in total. The monoisotopic (exact) mass is 476 g/mol. The number of nitrogens with zero attached hydrogens (tertiary/aromatic N) is 1. The zero-order chi connectivity index (χ0) is 17.0. The highest BCUT2D eigenvalue weighted by Crippen LogP contribution is 2.18. The van der Waals surface area contributed by atoms with Crippen molar-refractivity contribution in [1.29, 1.82) is 0 Å². The quantitative estimate of drug-likeness (QED) is 0.160. The Morgan fingerprint density at radius 1 is 1.24 bits per heavy atom. The van der Waals surface area contributed by atoms with Gasteiger partial charge in [-0.3, -0.25) is 9.79 Å². The van der Waals surface area contributed by atoms with E-state index < -0.39 is 0 Å². The number of rotatable bonds is 10. The summed E-state index contributed by atoms with van der Waals surface area (Å²) in [6.07, 6.45) is 3.62. The minimum Gasteiger partial charge on any atom is -0.357 e. The normalized spacial score (nSPS) is 13.7. The van der Waals surface area contributed by atoms with Gasteiger partial charge in [-0.05, 0) is 38.3 Å². The molecule has 1 amide bonds. The third-order valence-corrected chi connectivity index (χ3v) is 4.54. The Kier molecular flexibility index (Phi) is 11.7. The smallest absolute Gasteiger partial charge is 0.220 e. The summed E-state index contributed by atoms with van der Waals surface area (Å²) in [4.78, 5) is 17.4. The van der Waals surface area contributed by atoms with Crippen LogP contribution in [0.4, 0.5) is 0 Å². The summed E-state index contributed by atoms with van der Waals surface area (Å²) in [5.41, 5.74) is 0. The predicted octanol–water partition coefficient (Wildman–Crippen LogP) is 3.01. The summed E-state index contributed by atoms with van der Waals surface area (Å²) >= 11 is 1.83. The zero-order valence-corrected chi connectivity index (χ0v) is 17.9. The molecule has 7 heteroatoms. The molecule has 25 heavy (non-hydrogen) atoms. The van der Waals surface area contributed by atoms with Crippen molar-refractivity contribution in [2.24, 2.45) is 4.99 Å². The first-order valence-corrected chi connectivity index (χ1v) is 9.76. The Morgan fingerprint density at radius 3 is 2.68 bits per heavy atom. The van der Waals surface area contributed by atoms with Gasteiger partial charge in [0, 0.05) is 42.7 Å². The average molecular weight is 476 g/mol. The highest BCUT2D eigenvalue weighted by atomic mass is 127. The topological polar surface area (TPSA) is 65.5 Å². The highest BCUT2D eigenvalue weighted by molar-refractivity contribution is 14.0. The van der Waals surface area contributed by atoms with Crippen LogP contribution in [0, 0.1) is 0 Å². The lowest BCUT2D eigenvalue weighted by Gasteiger charge is -2.11. The van der Waals surface area contributed by atoms with Crippen LogP contribution < -0.4 is 16.0 Å². The number of hydrogen-bond acceptors (Lipinski definition) is 3. The third kappa shape index (κ3) is 10.6. The third-order valence-electron chi connectivity index (χ3n) is 3.52. The molecule has 0 unspecified atom stereocenters. The molecular formula is C18H29IN4OS. The lowest BCUT2D eigenvalue weighted by Crippen LogP contribution is -2.38. The van der Waals surface area contributed by atoms with E-state index in [4.69, 9.17) is 0 Å².